The SMILES string of the molecule is N#Cc1c(N)nc2c(c1-c1cc3ccccc3nc1N1CCOCC1)[C@H]1CC[C@@H]2C1. The van der Waals surface area contributed by atoms with Crippen molar-refractivity contribution in [1.29, 1.82) is 5.26 Å². The fourth-order valence-corrected chi connectivity index (χ4v) is 5.55. The lowest BCUT2D eigenvalue weighted by molar-refractivity contribution is 0.122. The number of aromatic nitrogens is 2. The van der Waals surface area contributed by atoms with Crippen molar-refractivity contribution in [3.8, 4) is 17.2 Å². The van der Waals surface area contributed by atoms with Crippen LogP contribution >= 0.6 is 0 Å². The number of hydrogen-bond donors (Lipinski definition) is 1. The number of nitriles is 1. The van der Waals surface area contributed by atoms with E-state index >= 15 is 0 Å². The molecule has 150 valence electrons. The van der Waals surface area contributed by atoms with Crippen LogP contribution in [0.4, 0.5) is 11.6 Å². The number of fused-ring (bicyclic) bond motifs is 6. The highest BCUT2D eigenvalue weighted by Gasteiger charge is 2.42. The van der Waals surface area contributed by atoms with Crippen LogP contribution in [-0.4, -0.2) is 36.3 Å². The van der Waals surface area contributed by atoms with Gasteiger partial charge in [0.15, 0.2) is 0 Å². The third kappa shape index (κ3) is 2.52. The Kier molecular flexibility index (Phi) is 3.93. The molecule has 2 bridgehead atoms. The Balaban J connectivity index is 1.68. The van der Waals surface area contributed by atoms with Gasteiger partial charge in [0, 0.05) is 35.5 Å². The number of nitrogen functional groups attached to an aromatic ring is 1. The number of nitrogens with zero attached hydrogens (tertiary/aromatic N) is 4. The second-order valence-corrected chi connectivity index (χ2v) is 8.52. The molecular weight excluding hydrogens is 374 g/mol. The predicted octanol–water partition coefficient (Wildman–Crippen LogP) is 3.95. The molecule has 3 aliphatic rings. The van der Waals surface area contributed by atoms with Gasteiger partial charge in [-0.05, 0) is 42.9 Å². The van der Waals surface area contributed by atoms with Crippen molar-refractivity contribution in [3.63, 3.8) is 0 Å². The molecule has 2 fully saturated rings. The molecule has 30 heavy (non-hydrogen) atoms. The lowest BCUT2D eigenvalue weighted by Crippen LogP contribution is -2.37. The molecular formula is C24H23N5O. The smallest absolute Gasteiger partial charge is 0.142 e. The summed E-state index contributed by atoms with van der Waals surface area (Å²) in [6, 6.07) is 12.7. The van der Waals surface area contributed by atoms with Crippen LogP contribution in [0, 0.1) is 11.3 Å². The van der Waals surface area contributed by atoms with Gasteiger partial charge < -0.3 is 15.4 Å². The highest BCUT2D eigenvalue weighted by molar-refractivity contribution is 5.94. The Morgan fingerprint density at radius 3 is 2.73 bits per heavy atom. The molecule has 3 heterocycles. The van der Waals surface area contributed by atoms with Gasteiger partial charge in [-0.1, -0.05) is 18.2 Å². The molecule has 0 unspecified atom stereocenters. The van der Waals surface area contributed by atoms with E-state index in [9.17, 15) is 5.26 Å². The maximum absolute atomic E-state index is 10.1. The van der Waals surface area contributed by atoms with Crippen LogP contribution in [0.2, 0.25) is 0 Å². The Morgan fingerprint density at radius 2 is 1.90 bits per heavy atom. The van der Waals surface area contributed by atoms with Crippen LogP contribution in [0.15, 0.2) is 30.3 Å². The molecule has 1 aliphatic heterocycles. The first-order valence-corrected chi connectivity index (χ1v) is 10.7. The standard InChI is InChI=1S/C24H23N5O/c25-13-18-21(20-15-5-6-16(11-15)22(20)28-23(18)26)17-12-14-3-1-2-4-19(14)27-24(17)29-7-9-30-10-8-29/h1-4,12,15-16H,5-11H2,(H2,26,28)/t15-,16+/m0/s1. The maximum atomic E-state index is 10.1. The zero-order valence-electron chi connectivity index (χ0n) is 16.8. The minimum atomic E-state index is 0.347. The van der Waals surface area contributed by atoms with Gasteiger partial charge in [-0.15, -0.1) is 0 Å². The van der Waals surface area contributed by atoms with Crippen molar-refractivity contribution >= 4 is 22.5 Å². The number of ether oxygens (including phenoxy) is 1. The average Bonchev–Trinajstić information content (AvgIpc) is 3.40. The molecule has 2 atom stereocenters. The molecule has 6 heteroatoms. The van der Waals surface area contributed by atoms with Crippen molar-refractivity contribution < 1.29 is 4.74 Å². The van der Waals surface area contributed by atoms with Crippen LogP contribution in [0.25, 0.3) is 22.0 Å². The number of para-hydroxylation sites is 1. The summed E-state index contributed by atoms with van der Waals surface area (Å²) in [6.07, 6.45) is 3.45. The molecule has 0 spiro atoms. The van der Waals surface area contributed by atoms with Crippen LogP contribution < -0.4 is 10.6 Å². The quantitative estimate of drug-likeness (QED) is 0.704. The van der Waals surface area contributed by atoms with E-state index in [1.54, 1.807) is 0 Å². The largest absolute Gasteiger partial charge is 0.383 e. The minimum Gasteiger partial charge on any atom is -0.383 e. The third-order valence-electron chi connectivity index (χ3n) is 6.92. The summed E-state index contributed by atoms with van der Waals surface area (Å²) in [5.41, 5.74) is 12.1. The number of nitrogens with two attached hydrogens (primary N) is 1. The molecule has 3 aromatic rings. The summed E-state index contributed by atoms with van der Waals surface area (Å²) in [7, 11) is 0. The monoisotopic (exact) mass is 397 g/mol. The third-order valence-corrected chi connectivity index (χ3v) is 6.92. The number of benzene rings is 1. The lowest BCUT2D eigenvalue weighted by Gasteiger charge is -2.31. The fourth-order valence-electron chi connectivity index (χ4n) is 5.55. The summed E-state index contributed by atoms with van der Waals surface area (Å²) >= 11 is 0. The van der Waals surface area contributed by atoms with Gasteiger partial charge in [-0.25, -0.2) is 9.97 Å². The van der Waals surface area contributed by atoms with Crippen molar-refractivity contribution in [3.05, 3.63) is 47.2 Å². The maximum Gasteiger partial charge on any atom is 0.142 e. The van der Waals surface area contributed by atoms with Crippen molar-refractivity contribution in [2.24, 2.45) is 0 Å². The first kappa shape index (κ1) is 17.7. The van der Waals surface area contributed by atoms with E-state index in [4.69, 9.17) is 20.4 Å². The number of rotatable bonds is 2. The molecule has 6 rings (SSSR count). The van der Waals surface area contributed by atoms with Crippen molar-refractivity contribution in [2.75, 3.05) is 36.9 Å². The first-order valence-electron chi connectivity index (χ1n) is 10.7. The van der Waals surface area contributed by atoms with Gasteiger partial charge in [0.1, 0.15) is 23.3 Å². The molecule has 1 saturated heterocycles. The Hall–Kier alpha value is -3.17. The van der Waals surface area contributed by atoms with E-state index in [1.807, 2.05) is 18.2 Å². The van der Waals surface area contributed by atoms with Gasteiger partial charge in [0.05, 0.1) is 24.4 Å². The van der Waals surface area contributed by atoms with E-state index in [1.165, 1.54) is 12.0 Å². The van der Waals surface area contributed by atoms with Gasteiger partial charge in [-0.3, -0.25) is 0 Å². The molecule has 2 aliphatic carbocycles. The van der Waals surface area contributed by atoms with Gasteiger partial charge in [0.25, 0.3) is 0 Å². The van der Waals surface area contributed by atoms with E-state index in [-0.39, 0.29) is 0 Å². The van der Waals surface area contributed by atoms with Gasteiger partial charge >= 0.3 is 0 Å². The molecule has 6 nitrogen and oxygen atoms in total. The predicted molar refractivity (Wildman–Crippen MR) is 116 cm³/mol. The molecule has 0 radical (unpaired) electrons. The number of hydrogen-bond acceptors (Lipinski definition) is 6. The van der Waals surface area contributed by atoms with E-state index < -0.39 is 0 Å². The van der Waals surface area contributed by atoms with E-state index in [2.05, 4.69) is 23.1 Å². The summed E-state index contributed by atoms with van der Waals surface area (Å²) in [6.45, 7) is 2.94. The van der Waals surface area contributed by atoms with Gasteiger partial charge in [0.2, 0.25) is 0 Å². The van der Waals surface area contributed by atoms with Crippen LogP contribution in [0.1, 0.15) is 47.9 Å². The highest BCUT2D eigenvalue weighted by atomic mass is 16.5. The molecule has 0 amide bonds. The highest BCUT2D eigenvalue weighted by Crippen LogP contribution is 2.57. The van der Waals surface area contributed by atoms with Crippen molar-refractivity contribution in [2.45, 2.75) is 31.1 Å². The molecule has 1 saturated carbocycles. The molecule has 1 aromatic carbocycles. The number of pyridine rings is 2. The van der Waals surface area contributed by atoms with Crippen LogP contribution in [0.3, 0.4) is 0 Å². The van der Waals surface area contributed by atoms with E-state index in [0.29, 0.717) is 36.4 Å². The van der Waals surface area contributed by atoms with Crippen LogP contribution in [0.5, 0.6) is 0 Å². The summed E-state index contributed by atoms with van der Waals surface area (Å²) in [4.78, 5) is 12.0. The van der Waals surface area contributed by atoms with Gasteiger partial charge in [-0.2, -0.15) is 5.26 Å². The van der Waals surface area contributed by atoms with E-state index in [0.717, 1.165) is 59.5 Å². The zero-order chi connectivity index (χ0) is 20.2. The summed E-state index contributed by atoms with van der Waals surface area (Å²) in [5.74, 6) is 2.20. The minimum absolute atomic E-state index is 0.347. The number of anilines is 2. The summed E-state index contributed by atoms with van der Waals surface area (Å²) in [5, 5.41) is 11.1. The van der Waals surface area contributed by atoms with Crippen LogP contribution in [-0.2, 0) is 4.74 Å². The normalized spacial score (nSPS) is 22.3. The Bertz CT molecular complexity index is 1210. The summed E-state index contributed by atoms with van der Waals surface area (Å²) < 4.78 is 5.58. The Labute approximate surface area is 175 Å². The first-order chi connectivity index (χ1) is 14.7. The Morgan fingerprint density at radius 1 is 1.10 bits per heavy atom. The van der Waals surface area contributed by atoms with Crippen molar-refractivity contribution in [1.82, 2.24) is 9.97 Å². The fraction of sp³-hybridized carbons (Fsp3) is 0.375. The zero-order valence-corrected chi connectivity index (χ0v) is 16.8. The molecule has 2 N–H and O–H groups in total. The number of morpholine rings is 1. The lowest BCUT2D eigenvalue weighted by atomic mass is 9.86. The average molecular weight is 397 g/mol. The topological polar surface area (TPSA) is 88.1 Å². The second kappa shape index (κ2) is 6.68. The molecule has 2 aromatic heterocycles. The second-order valence-electron chi connectivity index (χ2n) is 8.52.